The van der Waals surface area contributed by atoms with Crippen molar-refractivity contribution in [2.45, 2.75) is 32.3 Å². The summed E-state index contributed by atoms with van der Waals surface area (Å²) in [6.45, 7) is 2.33. The topological polar surface area (TPSA) is 35.5 Å². The maximum atomic E-state index is 13.9. The minimum absolute atomic E-state index is 0.0859. The van der Waals surface area contributed by atoms with E-state index in [1.807, 2.05) is 37.3 Å². The molecule has 23 heavy (non-hydrogen) atoms. The summed E-state index contributed by atoms with van der Waals surface area (Å²) in [5.74, 6) is -0.286. The number of hydrogen-bond acceptors (Lipinski definition) is 3. The number of benzene rings is 2. The van der Waals surface area contributed by atoms with Crippen molar-refractivity contribution in [2.75, 3.05) is 7.11 Å². The van der Waals surface area contributed by atoms with E-state index in [2.05, 4.69) is 0 Å². The minimum Gasteiger partial charge on any atom is -0.489 e. The highest BCUT2D eigenvalue weighted by Crippen LogP contribution is 2.28. The molecule has 3 nitrogen and oxygen atoms in total. The Bertz CT molecular complexity index is 640. The normalized spacial score (nSPS) is 11.8. The van der Waals surface area contributed by atoms with Crippen molar-refractivity contribution in [3.8, 4) is 5.75 Å². The second-order valence-corrected chi connectivity index (χ2v) is 5.38. The Kier molecular flexibility index (Phi) is 6.15. The number of methoxy groups -OCH3 is 1. The molecule has 0 heterocycles. The van der Waals surface area contributed by atoms with Gasteiger partial charge in [0, 0.05) is 6.07 Å². The third-order valence-corrected chi connectivity index (χ3v) is 3.75. The lowest BCUT2D eigenvalue weighted by atomic mass is 9.93. The lowest BCUT2D eigenvalue weighted by Crippen LogP contribution is -2.08. The van der Waals surface area contributed by atoms with Crippen LogP contribution in [0.25, 0.3) is 0 Å². The van der Waals surface area contributed by atoms with Crippen LogP contribution < -0.4 is 4.74 Å². The van der Waals surface area contributed by atoms with Crippen LogP contribution in [-0.2, 0) is 16.1 Å². The largest absolute Gasteiger partial charge is 0.489 e. The van der Waals surface area contributed by atoms with Crippen molar-refractivity contribution < 1.29 is 18.7 Å². The van der Waals surface area contributed by atoms with Crippen LogP contribution in [0, 0.1) is 5.82 Å². The van der Waals surface area contributed by atoms with E-state index in [1.54, 1.807) is 6.07 Å². The number of esters is 1. The molecule has 0 aliphatic carbocycles. The number of halogens is 1. The van der Waals surface area contributed by atoms with Gasteiger partial charge in [-0.2, -0.15) is 0 Å². The number of carbonyl (C=O) groups excluding carboxylic acids is 1. The van der Waals surface area contributed by atoms with Crippen LogP contribution in [0.15, 0.2) is 48.5 Å². The summed E-state index contributed by atoms with van der Waals surface area (Å²) in [7, 11) is 1.36. The Hall–Kier alpha value is -2.36. The molecule has 0 aliphatic heterocycles. The van der Waals surface area contributed by atoms with Crippen molar-refractivity contribution in [1.82, 2.24) is 0 Å². The van der Waals surface area contributed by atoms with Gasteiger partial charge in [-0.15, -0.1) is 0 Å². The van der Waals surface area contributed by atoms with Gasteiger partial charge in [0.1, 0.15) is 18.2 Å². The molecule has 122 valence electrons. The molecule has 4 heteroatoms. The zero-order valence-corrected chi connectivity index (χ0v) is 13.4. The predicted molar refractivity (Wildman–Crippen MR) is 86.8 cm³/mol. The second kappa shape index (κ2) is 8.32. The highest BCUT2D eigenvalue weighted by atomic mass is 19.1. The zero-order chi connectivity index (χ0) is 16.7. The predicted octanol–water partition coefficient (Wildman–Crippen LogP) is 4.46. The molecule has 0 fully saturated rings. The fourth-order valence-electron chi connectivity index (χ4n) is 2.43. The quantitative estimate of drug-likeness (QED) is 0.707. The van der Waals surface area contributed by atoms with Gasteiger partial charge in [0.15, 0.2) is 0 Å². The molecule has 0 aliphatic rings. The average Bonchev–Trinajstić information content (AvgIpc) is 2.58. The molecule has 2 aromatic carbocycles. The molecule has 0 spiro atoms. The Morgan fingerprint density at radius 2 is 1.91 bits per heavy atom. The van der Waals surface area contributed by atoms with E-state index in [1.165, 1.54) is 19.2 Å². The summed E-state index contributed by atoms with van der Waals surface area (Å²) in [6.07, 6.45) is 0.950. The molecule has 0 saturated carbocycles. The van der Waals surface area contributed by atoms with Gasteiger partial charge in [-0.05, 0) is 35.6 Å². The highest BCUT2D eigenvalue weighted by molar-refractivity contribution is 5.70. The van der Waals surface area contributed by atoms with E-state index in [9.17, 15) is 9.18 Å². The summed E-state index contributed by atoms with van der Waals surface area (Å²) < 4.78 is 24.3. The first-order valence-corrected chi connectivity index (χ1v) is 7.66. The third kappa shape index (κ3) is 5.09. The van der Waals surface area contributed by atoms with Gasteiger partial charge in [0.25, 0.3) is 0 Å². The lowest BCUT2D eigenvalue weighted by molar-refractivity contribution is -0.141. The molecular formula is C19H21FO3. The molecule has 0 bridgehead atoms. The Labute approximate surface area is 136 Å². The second-order valence-electron chi connectivity index (χ2n) is 5.38. The molecular weight excluding hydrogens is 295 g/mol. The maximum Gasteiger partial charge on any atom is 0.306 e. The van der Waals surface area contributed by atoms with Crippen LogP contribution in [0.4, 0.5) is 4.39 Å². The molecule has 0 N–H and O–H groups in total. The molecule has 0 aromatic heterocycles. The number of ether oxygens (including phenoxy) is 2. The zero-order valence-electron chi connectivity index (χ0n) is 13.4. The number of carbonyl (C=O) groups is 1. The van der Waals surface area contributed by atoms with Crippen molar-refractivity contribution in [1.29, 1.82) is 0 Å². The summed E-state index contributed by atoms with van der Waals surface area (Å²) in [4.78, 5) is 11.5. The van der Waals surface area contributed by atoms with Gasteiger partial charge in [0.2, 0.25) is 0 Å². The van der Waals surface area contributed by atoms with Gasteiger partial charge in [-0.1, -0.05) is 37.3 Å². The van der Waals surface area contributed by atoms with Crippen LogP contribution in [0.5, 0.6) is 5.75 Å². The van der Waals surface area contributed by atoms with E-state index >= 15 is 0 Å². The lowest BCUT2D eigenvalue weighted by Gasteiger charge is -2.16. The Morgan fingerprint density at radius 1 is 1.17 bits per heavy atom. The SMILES string of the molecule is CC[C@@H](CC(=O)OC)c1cc(F)cc(OCc2ccccc2)c1. The fourth-order valence-corrected chi connectivity index (χ4v) is 2.43. The summed E-state index contributed by atoms with van der Waals surface area (Å²) in [6, 6.07) is 14.3. The Balaban J connectivity index is 2.12. The molecule has 0 amide bonds. The van der Waals surface area contributed by atoms with Gasteiger partial charge in [-0.3, -0.25) is 4.79 Å². The highest BCUT2D eigenvalue weighted by Gasteiger charge is 2.16. The van der Waals surface area contributed by atoms with Crippen LogP contribution in [0.1, 0.15) is 36.8 Å². The molecule has 0 unspecified atom stereocenters. The fraction of sp³-hybridized carbons (Fsp3) is 0.316. The van der Waals surface area contributed by atoms with Crippen LogP contribution in [0.2, 0.25) is 0 Å². The first-order valence-electron chi connectivity index (χ1n) is 7.66. The molecule has 2 rings (SSSR count). The smallest absolute Gasteiger partial charge is 0.306 e. The van der Waals surface area contributed by atoms with Crippen molar-refractivity contribution in [3.63, 3.8) is 0 Å². The van der Waals surface area contributed by atoms with Crippen molar-refractivity contribution in [3.05, 3.63) is 65.5 Å². The minimum atomic E-state index is -0.367. The van der Waals surface area contributed by atoms with E-state index < -0.39 is 0 Å². The van der Waals surface area contributed by atoms with E-state index in [-0.39, 0.29) is 24.1 Å². The van der Waals surface area contributed by atoms with Gasteiger partial charge < -0.3 is 9.47 Å². The van der Waals surface area contributed by atoms with Crippen molar-refractivity contribution >= 4 is 5.97 Å². The first-order chi connectivity index (χ1) is 11.1. The van der Waals surface area contributed by atoms with Crippen molar-refractivity contribution in [2.24, 2.45) is 0 Å². The summed E-state index contributed by atoms with van der Waals surface area (Å²) >= 11 is 0. The monoisotopic (exact) mass is 316 g/mol. The van der Waals surface area contributed by atoms with E-state index in [0.29, 0.717) is 12.4 Å². The van der Waals surface area contributed by atoms with E-state index in [4.69, 9.17) is 9.47 Å². The Morgan fingerprint density at radius 3 is 2.57 bits per heavy atom. The first kappa shape index (κ1) is 17.0. The van der Waals surface area contributed by atoms with Gasteiger partial charge in [0.05, 0.1) is 13.5 Å². The number of hydrogen-bond donors (Lipinski definition) is 0. The van der Waals surface area contributed by atoms with Gasteiger partial charge in [-0.25, -0.2) is 4.39 Å². The summed E-state index contributed by atoms with van der Waals surface area (Å²) in [5.41, 5.74) is 1.76. The number of rotatable bonds is 7. The van der Waals surface area contributed by atoms with Crippen LogP contribution in [-0.4, -0.2) is 13.1 Å². The average molecular weight is 316 g/mol. The van der Waals surface area contributed by atoms with Crippen LogP contribution in [0.3, 0.4) is 0 Å². The van der Waals surface area contributed by atoms with Gasteiger partial charge >= 0.3 is 5.97 Å². The third-order valence-electron chi connectivity index (χ3n) is 3.75. The van der Waals surface area contributed by atoms with Crippen LogP contribution >= 0.6 is 0 Å². The molecule has 2 aromatic rings. The molecule has 1 atom stereocenters. The standard InChI is InChI=1S/C19H21FO3/c1-3-15(11-19(21)22-2)16-9-17(20)12-18(10-16)23-13-14-7-5-4-6-8-14/h4-10,12,15H,3,11,13H2,1-2H3/t15-/m0/s1. The molecule has 0 radical (unpaired) electrons. The maximum absolute atomic E-state index is 13.9. The summed E-state index contributed by atoms with van der Waals surface area (Å²) in [5, 5.41) is 0. The molecule has 0 saturated heterocycles. The van der Waals surface area contributed by atoms with E-state index in [0.717, 1.165) is 17.5 Å².